The fourth-order valence-electron chi connectivity index (χ4n) is 3.42. The van der Waals surface area contributed by atoms with Crippen LogP contribution in [0.4, 0.5) is 5.69 Å². The van der Waals surface area contributed by atoms with Gasteiger partial charge in [-0.1, -0.05) is 19.3 Å². The van der Waals surface area contributed by atoms with E-state index in [1.807, 2.05) is 31.9 Å². The van der Waals surface area contributed by atoms with E-state index < -0.39 is 0 Å². The molecule has 4 nitrogen and oxygen atoms in total. The Morgan fingerprint density at radius 3 is 2.68 bits per heavy atom. The average molecular weight is 317 g/mol. The van der Waals surface area contributed by atoms with Crippen molar-refractivity contribution in [3.63, 3.8) is 0 Å². The predicted molar refractivity (Wildman–Crippen MR) is 92.5 cm³/mol. The van der Waals surface area contributed by atoms with Crippen LogP contribution in [0, 0.1) is 13.8 Å². The van der Waals surface area contributed by atoms with Gasteiger partial charge in [0.15, 0.2) is 0 Å². The maximum Gasteiger partial charge on any atom is 0.266 e. The van der Waals surface area contributed by atoms with Crippen molar-refractivity contribution >= 4 is 33.1 Å². The minimum atomic E-state index is 0.0458. The maximum absolute atomic E-state index is 12.9. The number of nitrogen functional groups attached to an aromatic ring is 1. The number of hydrogen-bond donors (Lipinski definition) is 1. The molecule has 1 aliphatic rings. The number of aromatic nitrogens is 1. The second-order valence-electron chi connectivity index (χ2n) is 6.31. The summed E-state index contributed by atoms with van der Waals surface area (Å²) in [7, 11) is 1.91. The molecule has 22 heavy (non-hydrogen) atoms. The van der Waals surface area contributed by atoms with E-state index in [0.717, 1.165) is 34.3 Å². The molecule has 1 saturated carbocycles. The summed E-state index contributed by atoms with van der Waals surface area (Å²) in [6.07, 6.45) is 5.91. The number of thiophene rings is 1. The Morgan fingerprint density at radius 1 is 1.32 bits per heavy atom. The van der Waals surface area contributed by atoms with Crippen LogP contribution in [0.2, 0.25) is 0 Å². The highest BCUT2D eigenvalue weighted by Gasteiger charge is 2.27. The first-order chi connectivity index (χ1) is 10.5. The highest BCUT2D eigenvalue weighted by molar-refractivity contribution is 7.21. The third kappa shape index (κ3) is 2.58. The first-order valence-electron chi connectivity index (χ1n) is 7.92. The van der Waals surface area contributed by atoms with Crippen LogP contribution in [0.25, 0.3) is 10.2 Å². The zero-order chi connectivity index (χ0) is 15.9. The van der Waals surface area contributed by atoms with Crippen molar-refractivity contribution in [3.05, 3.63) is 22.2 Å². The highest BCUT2D eigenvalue weighted by Crippen LogP contribution is 2.36. The summed E-state index contributed by atoms with van der Waals surface area (Å²) in [6.45, 7) is 4.00. The summed E-state index contributed by atoms with van der Waals surface area (Å²) in [4.78, 5) is 20.8. The topological polar surface area (TPSA) is 59.2 Å². The Bertz CT molecular complexity index is 716. The van der Waals surface area contributed by atoms with E-state index in [1.54, 1.807) is 0 Å². The number of carbonyl (C=O) groups is 1. The number of aryl methyl sites for hydroxylation is 2. The van der Waals surface area contributed by atoms with Crippen LogP contribution in [0.1, 0.15) is 53.0 Å². The Kier molecular flexibility index (Phi) is 4.08. The molecular weight excluding hydrogens is 294 g/mol. The summed E-state index contributed by atoms with van der Waals surface area (Å²) in [6, 6.07) is 2.37. The van der Waals surface area contributed by atoms with Crippen molar-refractivity contribution in [1.82, 2.24) is 9.88 Å². The molecule has 2 aromatic heterocycles. The van der Waals surface area contributed by atoms with E-state index in [9.17, 15) is 4.79 Å². The number of amides is 1. The van der Waals surface area contributed by atoms with Gasteiger partial charge in [0.25, 0.3) is 5.91 Å². The van der Waals surface area contributed by atoms with Gasteiger partial charge in [-0.15, -0.1) is 11.3 Å². The number of pyridine rings is 1. The van der Waals surface area contributed by atoms with Crippen molar-refractivity contribution in [2.75, 3.05) is 12.8 Å². The van der Waals surface area contributed by atoms with E-state index in [4.69, 9.17) is 5.73 Å². The van der Waals surface area contributed by atoms with Crippen molar-refractivity contribution in [2.24, 2.45) is 0 Å². The lowest BCUT2D eigenvalue weighted by Crippen LogP contribution is -2.38. The highest BCUT2D eigenvalue weighted by atomic mass is 32.1. The summed E-state index contributed by atoms with van der Waals surface area (Å²) in [5, 5.41) is 0.941. The standard InChI is InChI=1S/C17H23N3OS/c1-10-9-11(2)19-16-13(10)14(18)15(22-16)17(21)20(3)12-7-5-4-6-8-12/h9,12H,4-8,18H2,1-3H3. The van der Waals surface area contributed by atoms with E-state index in [0.29, 0.717) is 16.6 Å². The summed E-state index contributed by atoms with van der Waals surface area (Å²) < 4.78 is 0. The van der Waals surface area contributed by atoms with Gasteiger partial charge < -0.3 is 10.6 Å². The van der Waals surface area contributed by atoms with Crippen molar-refractivity contribution in [2.45, 2.75) is 52.0 Å². The van der Waals surface area contributed by atoms with Gasteiger partial charge in [0.05, 0.1) is 5.69 Å². The van der Waals surface area contributed by atoms with Crippen LogP contribution < -0.4 is 5.73 Å². The fourth-order valence-corrected chi connectivity index (χ4v) is 4.62. The third-order valence-electron chi connectivity index (χ3n) is 4.66. The lowest BCUT2D eigenvalue weighted by Gasteiger charge is -2.31. The van der Waals surface area contributed by atoms with E-state index in [1.165, 1.54) is 30.6 Å². The molecule has 2 aromatic rings. The van der Waals surface area contributed by atoms with E-state index in [2.05, 4.69) is 4.98 Å². The molecule has 0 aromatic carbocycles. The smallest absolute Gasteiger partial charge is 0.266 e. The normalized spacial score (nSPS) is 16.1. The Labute approximate surface area is 135 Å². The Balaban J connectivity index is 1.97. The first-order valence-corrected chi connectivity index (χ1v) is 8.74. The molecule has 0 atom stereocenters. The Hall–Kier alpha value is -1.62. The van der Waals surface area contributed by atoms with Crippen LogP contribution in [0.3, 0.4) is 0 Å². The quantitative estimate of drug-likeness (QED) is 0.914. The summed E-state index contributed by atoms with van der Waals surface area (Å²) in [5.41, 5.74) is 8.93. The van der Waals surface area contributed by atoms with E-state index >= 15 is 0 Å². The first kappa shape index (κ1) is 15.3. The molecule has 1 amide bonds. The molecule has 0 aliphatic heterocycles. The molecule has 0 radical (unpaired) electrons. The molecule has 0 spiro atoms. The minimum Gasteiger partial charge on any atom is -0.397 e. The predicted octanol–water partition coefficient (Wildman–Crippen LogP) is 3.90. The molecule has 5 heteroatoms. The molecule has 0 saturated heterocycles. The number of nitrogens with zero attached hydrogens (tertiary/aromatic N) is 2. The number of anilines is 1. The Morgan fingerprint density at radius 2 is 2.00 bits per heavy atom. The maximum atomic E-state index is 12.9. The van der Waals surface area contributed by atoms with Crippen molar-refractivity contribution in [3.8, 4) is 0 Å². The molecule has 2 N–H and O–H groups in total. The van der Waals surface area contributed by atoms with Gasteiger partial charge in [-0.05, 0) is 38.3 Å². The van der Waals surface area contributed by atoms with Gasteiger partial charge in [-0.2, -0.15) is 0 Å². The van der Waals surface area contributed by atoms with Crippen molar-refractivity contribution < 1.29 is 4.79 Å². The third-order valence-corrected chi connectivity index (χ3v) is 5.75. The summed E-state index contributed by atoms with van der Waals surface area (Å²) in [5.74, 6) is 0.0458. The minimum absolute atomic E-state index is 0.0458. The SMILES string of the molecule is Cc1cc(C)c2c(N)c(C(=O)N(C)C3CCCCC3)sc2n1. The molecule has 0 unspecified atom stereocenters. The summed E-state index contributed by atoms with van der Waals surface area (Å²) >= 11 is 1.43. The molecule has 0 bridgehead atoms. The number of nitrogens with two attached hydrogens (primary N) is 1. The number of fused-ring (bicyclic) bond motifs is 1. The van der Waals surface area contributed by atoms with Gasteiger partial charge in [0, 0.05) is 24.2 Å². The second-order valence-corrected chi connectivity index (χ2v) is 7.31. The fraction of sp³-hybridized carbons (Fsp3) is 0.529. The van der Waals surface area contributed by atoms with Gasteiger partial charge in [-0.25, -0.2) is 4.98 Å². The molecular formula is C17H23N3OS. The second kappa shape index (κ2) is 5.88. The number of hydrogen-bond acceptors (Lipinski definition) is 4. The molecule has 118 valence electrons. The van der Waals surface area contributed by atoms with Gasteiger partial charge >= 0.3 is 0 Å². The molecule has 2 heterocycles. The van der Waals surface area contributed by atoms with Crippen molar-refractivity contribution in [1.29, 1.82) is 0 Å². The van der Waals surface area contributed by atoms with Crippen LogP contribution in [0.15, 0.2) is 6.07 Å². The van der Waals surface area contributed by atoms with Crippen LogP contribution in [-0.2, 0) is 0 Å². The van der Waals surface area contributed by atoms with Crippen LogP contribution in [0.5, 0.6) is 0 Å². The average Bonchev–Trinajstić information content (AvgIpc) is 2.83. The van der Waals surface area contributed by atoms with Gasteiger partial charge in [-0.3, -0.25) is 4.79 Å². The number of carbonyl (C=O) groups excluding carboxylic acids is 1. The lowest BCUT2D eigenvalue weighted by molar-refractivity contribution is 0.0702. The van der Waals surface area contributed by atoms with Crippen LogP contribution >= 0.6 is 11.3 Å². The largest absolute Gasteiger partial charge is 0.397 e. The van der Waals surface area contributed by atoms with Crippen LogP contribution in [-0.4, -0.2) is 28.9 Å². The van der Waals surface area contributed by atoms with Gasteiger partial charge in [0.1, 0.15) is 9.71 Å². The number of rotatable bonds is 2. The molecule has 3 rings (SSSR count). The monoisotopic (exact) mass is 317 g/mol. The van der Waals surface area contributed by atoms with E-state index in [-0.39, 0.29) is 5.91 Å². The molecule has 1 aliphatic carbocycles. The zero-order valence-corrected chi connectivity index (χ0v) is 14.3. The molecule has 1 fully saturated rings. The van der Waals surface area contributed by atoms with Gasteiger partial charge in [0.2, 0.25) is 0 Å². The zero-order valence-electron chi connectivity index (χ0n) is 13.5. The lowest BCUT2D eigenvalue weighted by atomic mass is 9.94.